The molecule has 0 saturated heterocycles. The Morgan fingerprint density at radius 2 is 1.79 bits per heavy atom. The number of pyridine rings is 1. The lowest BCUT2D eigenvalue weighted by atomic mass is 10.0. The molecule has 6 heteroatoms. The molecule has 0 amide bonds. The quantitative estimate of drug-likeness (QED) is 0.908. The van der Waals surface area contributed by atoms with Crippen molar-refractivity contribution in [3.8, 4) is 16.9 Å². The third-order valence-electron chi connectivity index (χ3n) is 2.62. The van der Waals surface area contributed by atoms with Crippen LogP contribution in [0, 0.1) is 0 Å². The molecule has 0 aliphatic carbocycles. The number of nitrogen functional groups attached to an aromatic ring is 1. The molecule has 2 N–H and O–H groups in total. The minimum Gasteiger partial charge on any atom is -0.496 e. The van der Waals surface area contributed by atoms with Crippen molar-refractivity contribution in [3.05, 3.63) is 42.1 Å². The van der Waals surface area contributed by atoms with Gasteiger partial charge in [0.15, 0.2) is 0 Å². The molecule has 0 aliphatic rings. The van der Waals surface area contributed by atoms with E-state index in [1.165, 1.54) is 25.4 Å². The summed E-state index contributed by atoms with van der Waals surface area (Å²) in [6.45, 7) is 0. The number of anilines is 1. The minimum atomic E-state index is -4.47. The summed E-state index contributed by atoms with van der Waals surface area (Å²) in [5, 5.41) is 0. The first-order valence-electron chi connectivity index (χ1n) is 5.39. The van der Waals surface area contributed by atoms with Crippen LogP contribution in [0.5, 0.6) is 5.75 Å². The number of hydrogen-bond acceptors (Lipinski definition) is 3. The van der Waals surface area contributed by atoms with Gasteiger partial charge in [0.2, 0.25) is 0 Å². The first-order valence-corrected chi connectivity index (χ1v) is 5.39. The van der Waals surface area contributed by atoms with E-state index in [0.29, 0.717) is 16.9 Å². The molecule has 0 saturated carbocycles. The number of ether oxygens (including phenoxy) is 1. The molecule has 0 bridgehead atoms. The first-order chi connectivity index (χ1) is 8.91. The molecule has 1 aromatic carbocycles. The van der Waals surface area contributed by atoms with Crippen molar-refractivity contribution >= 4 is 5.82 Å². The number of rotatable bonds is 2. The van der Waals surface area contributed by atoms with E-state index >= 15 is 0 Å². The van der Waals surface area contributed by atoms with Crippen LogP contribution in [0.3, 0.4) is 0 Å². The first kappa shape index (κ1) is 13.2. The summed E-state index contributed by atoms with van der Waals surface area (Å²) in [6, 6.07) is 7.01. The van der Waals surface area contributed by atoms with E-state index in [1.54, 1.807) is 12.1 Å². The Morgan fingerprint density at radius 3 is 2.32 bits per heavy atom. The van der Waals surface area contributed by atoms with E-state index < -0.39 is 11.7 Å². The molecule has 100 valence electrons. The third-order valence-corrected chi connectivity index (χ3v) is 2.62. The molecule has 0 radical (unpaired) electrons. The zero-order valence-corrected chi connectivity index (χ0v) is 10.0. The summed E-state index contributed by atoms with van der Waals surface area (Å²) in [5.41, 5.74) is 5.58. The second-order valence-electron chi connectivity index (χ2n) is 3.88. The number of aromatic nitrogens is 1. The van der Waals surface area contributed by atoms with Gasteiger partial charge in [0, 0.05) is 11.8 Å². The van der Waals surface area contributed by atoms with Crippen molar-refractivity contribution in [3.63, 3.8) is 0 Å². The maximum atomic E-state index is 12.9. The molecular weight excluding hydrogens is 257 g/mol. The zero-order valence-electron chi connectivity index (χ0n) is 10.0. The van der Waals surface area contributed by atoms with Crippen LogP contribution in [0.2, 0.25) is 0 Å². The monoisotopic (exact) mass is 268 g/mol. The van der Waals surface area contributed by atoms with E-state index in [2.05, 4.69) is 4.98 Å². The van der Waals surface area contributed by atoms with Gasteiger partial charge in [-0.05, 0) is 29.8 Å². The van der Waals surface area contributed by atoms with Crippen molar-refractivity contribution in [1.29, 1.82) is 0 Å². The third kappa shape index (κ3) is 2.78. The highest BCUT2D eigenvalue weighted by Gasteiger charge is 2.34. The smallest absolute Gasteiger partial charge is 0.419 e. The average Bonchev–Trinajstić information content (AvgIpc) is 2.38. The average molecular weight is 268 g/mol. The summed E-state index contributed by atoms with van der Waals surface area (Å²) in [6.07, 6.45) is -3.04. The molecule has 0 spiro atoms. The van der Waals surface area contributed by atoms with Gasteiger partial charge in [-0.2, -0.15) is 13.2 Å². The minimum absolute atomic E-state index is 0.209. The Kier molecular flexibility index (Phi) is 3.33. The summed E-state index contributed by atoms with van der Waals surface area (Å²) in [5.74, 6) is 0.105. The van der Waals surface area contributed by atoms with E-state index in [-0.39, 0.29) is 5.75 Å². The van der Waals surface area contributed by atoms with Gasteiger partial charge in [-0.1, -0.05) is 6.07 Å². The fourth-order valence-electron chi connectivity index (χ4n) is 1.69. The Hall–Kier alpha value is -2.24. The molecule has 0 aliphatic heterocycles. The fraction of sp³-hybridized carbons (Fsp3) is 0.154. The standard InChI is InChI=1S/C13H11F3N2O/c1-19-11-4-2-8(6-10(11)13(14,15)16)9-3-5-12(17)18-7-9/h2-7H,1H3,(H2,17,18). The maximum Gasteiger partial charge on any atom is 0.419 e. The lowest BCUT2D eigenvalue weighted by Crippen LogP contribution is -2.07. The summed E-state index contributed by atoms with van der Waals surface area (Å²) < 4.78 is 43.4. The van der Waals surface area contributed by atoms with E-state index in [1.807, 2.05) is 0 Å². The van der Waals surface area contributed by atoms with Gasteiger partial charge < -0.3 is 10.5 Å². The molecule has 0 fully saturated rings. The number of alkyl halides is 3. The second-order valence-corrected chi connectivity index (χ2v) is 3.88. The van der Waals surface area contributed by atoms with Crippen LogP contribution in [0.4, 0.5) is 19.0 Å². The van der Waals surface area contributed by atoms with Crippen molar-refractivity contribution in [2.45, 2.75) is 6.18 Å². The molecule has 1 aromatic heterocycles. The molecule has 2 aromatic rings. The predicted molar refractivity (Wildman–Crippen MR) is 65.6 cm³/mol. The zero-order chi connectivity index (χ0) is 14.0. The van der Waals surface area contributed by atoms with Crippen LogP contribution in [-0.4, -0.2) is 12.1 Å². The Morgan fingerprint density at radius 1 is 1.11 bits per heavy atom. The van der Waals surface area contributed by atoms with E-state index in [9.17, 15) is 13.2 Å². The molecule has 1 heterocycles. The number of methoxy groups -OCH3 is 1. The van der Waals surface area contributed by atoms with Crippen LogP contribution in [0.15, 0.2) is 36.5 Å². The van der Waals surface area contributed by atoms with Crippen LogP contribution in [-0.2, 0) is 6.18 Å². The van der Waals surface area contributed by atoms with Crippen molar-refractivity contribution in [1.82, 2.24) is 4.98 Å². The highest BCUT2D eigenvalue weighted by Crippen LogP contribution is 2.38. The molecule has 0 atom stereocenters. The largest absolute Gasteiger partial charge is 0.496 e. The number of nitrogens with two attached hydrogens (primary N) is 1. The molecular formula is C13H11F3N2O. The maximum absolute atomic E-state index is 12.9. The molecule has 3 nitrogen and oxygen atoms in total. The van der Waals surface area contributed by atoms with Crippen LogP contribution < -0.4 is 10.5 Å². The predicted octanol–water partition coefficient (Wildman–Crippen LogP) is 3.36. The second kappa shape index (κ2) is 4.79. The van der Waals surface area contributed by atoms with Crippen LogP contribution in [0.25, 0.3) is 11.1 Å². The highest BCUT2D eigenvalue weighted by molar-refractivity contribution is 5.66. The Bertz CT molecular complexity index is 579. The molecule has 0 unspecified atom stereocenters. The van der Waals surface area contributed by atoms with Gasteiger partial charge in [-0.25, -0.2) is 4.98 Å². The van der Waals surface area contributed by atoms with Crippen molar-refractivity contribution in [2.24, 2.45) is 0 Å². The van der Waals surface area contributed by atoms with E-state index in [0.717, 1.165) is 6.07 Å². The SMILES string of the molecule is COc1ccc(-c2ccc(N)nc2)cc1C(F)(F)F. The number of halogens is 3. The van der Waals surface area contributed by atoms with Crippen LogP contribution >= 0.6 is 0 Å². The summed E-state index contributed by atoms with van der Waals surface area (Å²) >= 11 is 0. The van der Waals surface area contributed by atoms with Gasteiger partial charge in [0.1, 0.15) is 11.6 Å². The van der Waals surface area contributed by atoms with Gasteiger partial charge in [0.25, 0.3) is 0 Å². The summed E-state index contributed by atoms with van der Waals surface area (Å²) in [7, 11) is 1.20. The highest BCUT2D eigenvalue weighted by atomic mass is 19.4. The Balaban J connectivity index is 2.52. The molecule has 19 heavy (non-hydrogen) atoms. The molecule has 2 rings (SSSR count). The van der Waals surface area contributed by atoms with Gasteiger partial charge in [-0.3, -0.25) is 0 Å². The Labute approximate surface area is 107 Å². The van der Waals surface area contributed by atoms with Crippen molar-refractivity contribution in [2.75, 3.05) is 12.8 Å². The van der Waals surface area contributed by atoms with Gasteiger partial charge >= 0.3 is 6.18 Å². The van der Waals surface area contributed by atoms with Crippen molar-refractivity contribution < 1.29 is 17.9 Å². The topological polar surface area (TPSA) is 48.1 Å². The van der Waals surface area contributed by atoms with Gasteiger partial charge in [-0.15, -0.1) is 0 Å². The lowest BCUT2D eigenvalue weighted by Gasteiger charge is -2.13. The van der Waals surface area contributed by atoms with Crippen LogP contribution in [0.1, 0.15) is 5.56 Å². The van der Waals surface area contributed by atoms with Gasteiger partial charge in [0.05, 0.1) is 12.7 Å². The fourth-order valence-corrected chi connectivity index (χ4v) is 1.69. The lowest BCUT2D eigenvalue weighted by molar-refractivity contribution is -0.138. The number of hydrogen-bond donors (Lipinski definition) is 1. The number of nitrogens with zero attached hydrogens (tertiary/aromatic N) is 1. The summed E-state index contributed by atoms with van der Waals surface area (Å²) in [4.78, 5) is 3.86. The normalized spacial score (nSPS) is 11.4. The van der Waals surface area contributed by atoms with E-state index in [4.69, 9.17) is 10.5 Å². The number of benzene rings is 1.